The molecule has 1 aromatic rings. The van der Waals surface area contributed by atoms with Gasteiger partial charge in [0.25, 0.3) is 0 Å². The van der Waals surface area contributed by atoms with Crippen LogP contribution in [0.5, 0.6) is 0 Å². The van der Waals surface area contributed by atoms with Gasteiger partial charge in [-0.25, -0.2) is 4.99 Å². The van der Waals surface area contributed by atoms with E-state index in [9.17, 15) is 0 Å². The molecule has 2 rings (SSSR count). The van der Waals surface area contributed by atoms with E-state index in [1.807, 2.05) is 0 Å². The van der Waals surface area contributed by atoms with Crippen LogP contribution in [0, 0.1) is 5.92 Å². The molecule has 0 saturated heterocycles. The molecule has 1 heterocycles. The maximum Gasteiger partial charge on any atom is 0.191 e. The van der Waals surface area contributed by atoms with Gasteiger partial charge in [-0.3, -0.25) is 0 Å². The number of rotatable bonds is 6. The van der Waals surface area contributed by atoms with Gasteiger partial charge in [0.2, 0.25) is 0 Å². The summed E-state index contributed by atoms with van der Waals surface area (Å²) in [7, 11) is 0. The number of hydrogen-bond donors (Lipinski definition) is 2. The summed E-state index contributed by atoms with van der Waals surface area (Å²) < 4.78 is 0. The number of nitrogens with zero attached hydrogens (tertiary/aromatic N) is 1. The summed E-state index contributed by atoms with van der Waals surface area (Å²) in [5.74, 6) is 1.92. The average molecular weight is 379 g/mol. The first-order chi connectivity index (χ1) is 8.38. The highest BCUT2D eigenvalue weighted by atomic mass is 127. The fourth-order valence-corrected chi connectivity index (χ4v) is 2.36. The zero-order valence-electron chi connectivity index (χ0n) is 10.8. The van der Waals surface area contributed by atoms with Gasteiger partial charge in [-0.15, -0.1) is 24.0 Å². The molecule has 0 spiro atoms. The molecule has 3 nitrogen and oxygen atoms in total. The van der Waals surface area contributed by atoms with Crippen molar-refractivity contribution in [2.24, 2.45) is 10.9 Å². The molecular weight excluding hydrogens is 357 g/mol. The van der Waals surface area contributed by atoms with Crippen LogP contribution < -0.4 is 10.6 Å². The van der Waals surface area contributed by atoms with Crippen molar-refractivity contribution in [2.75, 3.05) is 13.1 Å². The first-order valence-electron chi connectivity index (χ1n) is 6.41. The molecule has 0 amide bonds. The summed E-state index contributed by atoms with van der Waals surface area (Å²) in [6.07, 6.45) is 4.12. The second-order valence-electron chi connectivity index (χ2n) is 4.49. The molecule has 102 valence electrons. The average Bonchev–Trinajstić information content (AvgIpc) is 3.00. The smallest absolute Gasteiger partial charge is 0.191 e. The zero-order chi connectivity index (χ0) is 11.9. The van der Waals surface area contributed by atoms with Crippen molar-refractivity contribution in [1.29, 1.82) is 0 Å². The summed E-state index contributed by atoms with van der Waals surface area (Å²) in [4.78, 5) is 4.57. The van der Waals surface area contributed by atoms with E-state index in [2.05, 4.69) is 39.4 Å². The van der Waals surface area contributed by atoms with Crippen molar-refractivity contribution in [3.8, 4) is 0 Å². The highest BCUT2D eigenvalue weighted by Gasteiger charge is 2.20. The molecule has 1 aliphatic rings. The maximum atomic E-state index is 4.57. The Morgan fingerprint density at radius 2 is 2.28 bits per heavy atom. The SMILES string of the molecule is CCNC(=NCc1ccsc1)NCCC1CC1.I. The molecule has 1 aromatic heterocycles. The number of guanidine groups is 1. The minimum atomic E-state index is 0. The van der Waals surface area contributed by atoms with E-state index in [1.165, 1.54) is 24.8 Å². The van der Waals surface area contributed by atoms with Crippen LogP contribution in [0.25, 0.3) is 0 Å². The monoisotopic (exact) mass is 379 g/mol. The number of hydrogen-bond acceptors (Lipinski definition) is 2. The molecular formula is C13H22IN3S. The number of nitrogens with one attached hydrogen (secondary N) is 2. The molecule has 0 aromatic carbocycles. The van der Waals surface area contributed by atoms with Crippen LogP contribution in [0.15, 0.2) is 21.8 Å². The molecule has 0 atom stereocenters. The van der Waals surface area contributed by atoms with Crippen LogP contribution in [-0.4, -0.2) is 19.0 Å². The number of thiophene rings is 1. The minimum absolute atomic E-state index is 0. The van der Waals surface area contributed by atoms with Gasteiger partial charge >= 0.3 is 0 Å². The van der Waals surface area contributed by atoms with Crippen LogP contribution in [0.4, 0.5) is 0 Å². The van der Waals surface area contributed by atoms with Crippen LogP contribution in [0.3, 0.4) is 0 Å². The van der Waals surface area contributed by atoms with Crippen molar-refractivity contribution < 1.29 is 0 Å². The second kappa shape index (κ2) is 8.74. The Bertz CT molecular complexity index is 347. The first-order valence-corrected chi connectivity index (χ1v) is 7.36. The Hall–Kier alpha value is -0.300. The van der Waals surface area contributed by atoms with Crippen molar-refractivity contribution in [2.45, 2.75) is 32.7 Å². The van der Waals surface area contributed by atoms with Crippen LogP contribution >= 0.6 is 35.3 Å². The Balaban J connectivity index is 0.00000162. The Morgan fingerprint density at radius 3 is 2.89 bits per heavy atom. The Kier molecular flexibility index (Phi) is 7.65. The largest absolute Gasteiger partial charge is 0.357 e. The van der Waals surface area contributed by atoms with Crippen molar-refractivity contribution in [3.63, 3.8) is 0 Å². The van der Waals surface area contributed by atoms with Gasteiger partial charge in [0.05, 0.1) is 6.54 Å². The lowest BCUT2D eigenvalue weighted by Crippen LogP contribution is -2.37. The van der Waals surface area contributed by atoms with E-state index in [0.29, 0.717) is 0 Å². The Labute approximate surface area is 130 Å². The quantitative estimate of drug-likeness (QED) is 0.452. The molecule has 5 heteroatoms. The third-order valence-corrected chi connectivity index (χ3v) is 3.62. The predicted octanol–water partition coefficient (Wildman–Crippen LogP) is 3.22. The van der Waals surface area contributed by atoms with Gasteiger partial charge in [-0.1, -0.05) is 12.8 Å². The zero-order valence-corrected chi connectivity index (χ0v) is 14.0. The third kappa shape index (κ3) is 6.04. The maximum absolute atomic E-state index is 4.57. The molecule has 0 radical (unpaired) electrons. The standard InChI is InChI=1S/C13H21N3S.HI/c1-2-14-13(15-7-5-11-3-4-11)16-9-12-6-8-17-10-12;/h6,8,10-11H,2-5,7,9H2,1H3,(H2,14,15,16);1H. The van der Waals surface area contributed by atoms with E-state index in [4.69, 9.17) is 0 Å². The molecule has 18 heavy (non-hydrogen) atoms. The van der Waals surface area contributed by atoms with Crippen LogP contribution in [-0.2, 0) is 6.54 Å². The predicted molar refractivity (Wildman–Crippen MR) is 89.9 cm³/mol. The fraction of sp³-hybridized carbons (Fsp3) is 0.615. The van der Waals surface area contributed by atoms with E-state index >= 15 is 0 Å². The number of aliphatic imine (C=N–C) groups is 1. The highest BCUT2D eigenvalue weighted by Crippen LogP contribution is 2.31. The minimum Gasteiger partial charge on any atom is -0.357 e. The van der Waals surface area contributed by atoms with Gasteiger partial charge in [0, 0.05) is 13.1 Å². The van der Waals surface area contributed by atoms with Crippen molar-refractivity contribution >= 4 is 41.3 Å². The second-order valence-corrected chi connectivity index (χ2v) is 5.27. The summed E-state index contributed by atoms with van der Waals surface area (Å²) in [5.41, 5.74) is 1.29. The summed E-state index contributed by atoms with van der Waals surface area (Å²) in [6.45, 7) is 4.82. The van der Waals surface area contributed by atoms with Crippen molar-refractivity contribution in [1.82, 2.24) is 10.6 Å². The van der Waals surface area contributed by atoms with Crippen LogP contribution in [0.1, 0.15) is 31.7 Å². The van der Waals surface area contributed by atoms with E-state index in [0.717, 1.165) is 31.5 Å². The third-order valence-electron chi connectivity index (χ3n) is 2.89. The molecule has 0 aliphatic heterocycles. The van der Waals surface area contributed by atoms with Crippen LogP contribution in [0.2, 0.25) is 0 Å². The molecule has 0 bridgehead atoms. The topological polar surface area (TPSA) is 36.4 Å². The van der Waals surface area contributed by atoms with E-state index in [-0.39, 0.29) is 24.0 Å². The molecule has 1 fully saturated rings. The lowest BCUT2D eigenvalue weighted by molar-refractivity contribution is 0.685. The van der Waals surface area contributed by atoms with Gasteiger partial charge in [-0.2, -0.15) is 11.3 Å². The number of halogens is 1. The highest BCUT2D eigenvalue weighted by molar-refractivity contribution is 14.0. The molecule has 1 aliphatic carbocycles. The summed E-state index contributed by atoms with van der Waals surface area (Å²) in [5, 5.41) is 10.9. The molecule has 1 saturated carbocycles. The van der Waals surface area contributed by atoms with E-state index in [1.54, 1.807) is 11.3 Å². The van der Waals surface area contributed by atoms with Gasteiger partial charge in [-0.05, 0) is 41.7 Å². The molecule has 0 unspecified atom stereocenters. The Morgan fingerprint density at radius 1 is 1.44 bits per heavy atom. The lowest BCUT2D eigenvalue weighted by atomic mass is 10.3. The fourth-order valence-electron chi connectivity index (χ4n) is 1.70. The lowest BCUT2D eigenvalue weighted by Gasteiger charge is -2.10. The van der Waals surface area contributed by atoms with Gasteiger partial charge in [0.1, 0.15) is 0 Å². The van der Waals surface area contributed by atoms with Crippen molar-refractivity contribution in [3.05, 3.63) is 22.4 Å². The first kappa shape index (κ1) is 15.8. The normalized spacial score (nSPS) is 15.1. The summed E-state index contributed by atoms with van der Waals surface area (Å²) in [6, 6.07) is 2.13. The summed E-state index contributed by atoms with van der Waals surface area (Å²) >= 11 is 1.72. The van der Waals surface area contributed by atoms with E-state index < -0.39 is 0 Å². The van der Waals surface area contributed by atoms with Gasteiger partial charge in [0.15, 0.2) is 5.96 Å². The van der Waals surface area contributed by atoms with Gasteiger partial charge < -0.3 is 10.6 Å². The molecule has 2 N–H and O–H groups in total.